The van der Waals surface area contributed by atoms with Crippen LogP contribution in [0.25, 0.3) is 0 Å². The van der Waals surface area contributed by atoms with E-state index >= 15 is 0 Å². The van der Waals surface area contributed by atoms with E-state index in [9.17, 15) is 9.18 Å². The van der Waals surface area contributed by atoms with Gasteiger partial charge in [0.05, 0.1) is 24.2 Å². The summed E-state index contributed by atoms with van der Waals surface area (Å²) in [5, 5.41) is 14.8. The molecule has 0 radical (unpaired) electrons. The summed E-state index contributed by atoms with van der Waals surface area (Å²) in [5.74, 6) is -0.372. The number of aromatic nitrogens is 3. The Balaban J connectivity index is 1.42. The van der Waals surface area contributed by atoms with Crippen molar-refractivity contribution in [3.63, 3.8) is 0 Å². The van der Waals surface area contributed by atoms with Gasteiger partial charge in [0.2, 0.25) is 0 Å². The van der Waals surface area contributed by atoms with Crippen LogP contribution in [0, 0.1) is 11.2 Å². The zero-order valence-electron chi connectivity index (χ0n) is 19.0. The maximum Gasteiger partial charge on any atom is 0.412 e. The van der Waals surface area contributed by atoms with Crippen LogP contribution in [-0.2, 0) is 17.9 Å². The Kier molecular flexibility index (Phi) is 7.71. The number of amides is 1. The predicted molar refractivity (Wildman–Crippen MR) is 131 cm³/mol. The lowest BCUT2D eigenvalue weighted by Gasteiger charge is -2.10. The highest BCUT2D eigenvalue weighted by molar-refractivity contribution is 6.15. The average molecular weight is 487 g/mol. The summed E-state index contributed by atoms with van der Waals surface area (Å²) in [6, 6.07) is 17.1. The van der Waals surface area contributed by atoms with Gasteiger partial charge in [-0.2, -0.15) is 0 Å². The summed E-state index contributed by atoms with van der Waals surface area (Å²) in [4.78, 5) is 24.8. The summed E-state index contributed by atoms with van der Waals surface area (Å²) >= 11 is 0. The molecule has 10 nitrogen and oxygen atoms in total. The molecular formula is C25H22FN7O3. The highest BCUT2D eigenvalue weighted by Gasteiger charge is 2.16. The molecule has 36 heavy (non-hydrogen) atoms. The molecule has 0 aliphatic rings. The average Bonchev–Trinajstić information content (AvgIpc) is 3.43. The third kappa shape index (κ3) is 6.35. The highest BCUT2D eigenvalue weighted by atomic mass is 19.1. The minimum Gasteiger partial charge on any atom is -0.444 e. The van der Waals surface area contributed by atoms with Crippen LogP contribution < -0.4 is 11.1 Å². The maximum atomic E-state index is 14.0. The van der Waals surface area contributed by atoms with Crippen molar-refractivity contribution in [2.24, 2.45) is 4.99 Å². The Morgan fingerprint density at radius 2 is 1.92 bits per heavy atom. The van der Waals surface area contributed by atoms with Crippen LogP contribution in [0.3, 0.4) is 0 Å². The molecule has 4 aromatic rings. The molecule has 2 heterocycles. The van der Waals surface area contributed by atoms with Gasteiger partial charge in [-0.3, -0.25) is 10.3 Å². The molecular weight excluding hydrogens is 465 g/mol. The molecule has 0 bridgehead atoms. The lowest BCUT2D eigenvalue weighted by atomic mass is 10.1. The molecule has 182 valence electrons. The van der Waals surface area contributed by atoms with Crippen LogP contribution in [0.2, 0.25) is 0 Å². The Hall–Kier alpha value is -4.93. The fourth-order valence-electron chi connectivity index (χ4n) is 3.15. The Labute approximate surface area is 205 Å². The van der Waals surface area contributed by atoms with Gasteiger partial charge < -0.3 is 20.4 Å². The number of nitrogen functional groups attached to an aromatic ring is 1. The quantitative estimate of drug-likeness (QED) is 0.296. The molecule has 11 heteroatoms. The Morgan fingerprint density at radius 3 is 2.64 bits per heavy atom. The van der Waals surface area contributed by atoms with Gasteiger partial charge >= 0.3 is 6.09 Å². The molecule has 1 amide bonds. The zero-order valence-corrected chi connectivity index (χ0v) is 19.0. The van der Waals surface area contributed by atoms with E-state index in [0.717, 1.165) is 5.56 Å². The van der Waals surface area contributed by atoms with Crippen molar-refractivity contribution in [3.8, 4) is 0 Å². The molecule has 4 rings (SSSR count). The largest absolute Gasteiger partial charge is 0.444 e. The van der Waals surface area contributed by atoms with E-state index < -0.39 is 6.09 Å². The summed E-state index contributed by atoms with van der Waals surface area (Å²) in [6.45, 7) is 0.145. The molecule has 0 unspecified atom stereocenters. The second-order valence-electron chi connectivity index (χ2n) is 7.57. The van der Waals surface area contributed by atoms with Crippen LogP contribution >= 0.6 is 0 Å². The van der Waals surface area contributed by atoms with Gasteiger partial charge in [0.1, 0.15) is 30.1 Å². The van der Waals surface area contributed by atoms with Crippen molar-refractivity contribution in [2.45, 2.75) is 19.6 Å². The molecule has 4 N–H and O–H groups in total. The number of rotatable bonds is 9. The highest BCUT2D eigenvalue weighted by Crippen LogP contribution is 2.17. The van der Waals surface area contributed by atoms with Crippen LogP contribution in [0.5, 0.6) is 0 Å². The van der Waals surface area contributed by atoms with Crippen LogP contribution in [0.1, 0.15) is 29.1 Å². The molecule has 0 aliphatic carbocycles. The van der Waals surface area contributed by atoms with E-state index in [2.05, 4.69) is 25.4 Å². The van der Waals surface area contributed by atoms with Crippen molar-refractivity contribution < 1.29 is 18.4 Å². The number of anilines is 2. The van der Waals surface area contributed by atoms with Gasteiger partial charge in [0.15, 0.2) is 11.6 Å². The first kappa shape index (κ1) is 24.2. The van der Waals surface area contributed by atoms with Gasteiger partial charge in [0, 0.05) is 18.1 Å². The first-order chi connectivity index (χ1) is 17.5. The maximum absolute atomic E-state index is 14.0. The van der Waals surface area contributed by atoms with E-state index in [1.54, 1.807) is 24.3 Å². The number of halogens is 1. The van der Waals surface area contributed by atoms with Crippen molar-refractivity contribution >= 4 is 29.0 Å². The molecule has 0 aliphatic heterocycles. The van der Waals surface area contributed by atoms with Crippen LogP contribution in [0.4, 0.5) is 20.7 Å². The van der Waals surface area contributed by atoms with E-state index in [1.807, 2.05) is 30.3 Å². The number of hydrogen-bond donors (Lipinski definition) is 3. The summed E-state index contributed by atoms with van der Waals surface area (Å²) < 4.78 is 24.1. The summed E-state index contributed by atoms with van der Waals surface area (Å²) in [7, 11) is 0. The monoisotopic (exact) mass is 487 g/mol. The van der Waals surface area contributed by atoms with E-state index in [0.29, 0.717) is 17.0 Å². The van der Waals surface area contributed by atoms with Crippen LogP contribution in [0.15, 0.2) is 82.6 Å². The molecule has 2 aromatic heterocycles. The number of nitrogens with one attached hydrogen (secondary N) is 2. The fraction of sp³-hybridized carbons (Fsp3) is 0.120. The third-order valence-corrected chi connectivity index (χ3v) is 5.01. The van der Waals surface area contributed by atoms with Crippen molar-refractivity contribution in [2.75, 3.05) is 11.1 Å². The van der Waals surface area contributed by atoms with Crippen LogP contribution in [-0.4, -0.2) is 32.6 Å². The number of nitrogens with two attached hydrogens (primary N) is 1. The van der Waals surface area contributed by atoms with E-state index in [-0.39, 0.29) is 48.4 Å². The number of carbonyl (C=O) groups is 1. The third-order valence-electron chi connectivity index (χ3n) is 5.01. The number of ether oxygens (including phenoxy) is 1. The number of hydrogen-bond acceptors (Lipinski definition) is 9. The number of nitrogens with zero attached hydrogens (tertiary/aromatic N) is 4. The smallest absolute Gasteiger partial charge is 0.412 e. The van der Waals surface area contributed by atoms with Gasteiger partial charge in [-0.25, -0.2) is 19.2 Å². The van der Waals surface area contributed by atoms with Gasteiger partial charge in [0.25, 0.3) is 0 Å². The lowest BCUT2D eigenvalue weighted by molar-refractivity contribution is 0.155. The number of benzene rings is 2. The van der Waals surface area contributed by atoms with E-state index in [4.69, 9.17) is 20.4 Å². The molecule has 0 saturated carbocycles. The topological polar surface area (TPSA) is 152 Å². The number of carbonyl (C=O) groups excluding carboxylic acids is 1. The number of aliphatic imine (C=N–C) groups is 1. The first-order valence-electron chi connectivity index (χ1n) is 10.8. The molecule has 0 fully saturated rings. The van der Waals surface area contributed by atoms with Crippen molar-refractivity contribution in [1.29, 1.82) is 5.41 Å². The molecule has 0 saturated heterocycles. The van der Waals surface area contributed by atoms with Crippen molar-refractivity contribution in [1.82, 2.24) is 15.1 Å². The van der Waals surface area contributed by atoms with Gasteiger partial charge in [-0.1, -0.05) is 53.7 Å². The second-order valence-corrected chi connectivity index (χ2v) is 7.57. The Morgan fingerprint density at radius 1 is 1.14 bits per heavy atom. The minimum atomic E-state index is -0.717. The summed E-state index contributed by atoms with van der Waals surface area (Å²) in [5.41, 5.74) is 8.15. The van der Waals surface area contributed by atoms with Gasteiger partial charge in [-0.05, 0) is 11.6 Å². The van der Waals surface area contributed by atoms with Gasteiger partial charge in [-0.15, -0.1) is 0 Å². The standard InChI is InChI=1S/C25H22FN7O3/c26-18-9-5-4-8-17(18)13-29-21(20-10-11-36-33-20)12-19(27)24-30-14-22(23(28)32-24)31-25(34)35-15-16-6-2-1-3-7-16/h1-11,14,27H,12-13,15H2,(H,31,34)(H2,28,30,32). The van der Waals surface area contributed by atoms with Crippen molar-refractivity contribution in [3.05, 3.63) is 102 Å². The molecule has 0 spiro atoms. The second kappa shape index (κ2) is 11.5. The summed E-state index contributed by atoms with van der Waals surface area (Å²) in [6.07, 6.45) is 1.95. The van der Waals surface area contributed by atoms with E-state index in [1.165, 1.54) is 18.5 Å². The zero-order chi connectivity index (χ0) is 25.3. The lowest BCUT2D eigenvalue weighted by Crippen LogP contribution is -2.18. The first-order valence-corrected chi connectivity index (χ1v) is 10.8. The fourth-order valence-corrected chi connectivity index (χ4v) is 3.15. The Bertz CT molecular complexity index is 1380. The molecule has 2 aromatic carbocycles. The predicted octanol–water partition coefficient (Wildman–Crippen LogP) is 4.38. The SMILES string of the molecule is N=C(CC(=NCc1ccccc1F)c1ccon1)c1ncc(NC(=O)OCc2ccccc2)c(N)n1. The molecule has 0 atom stereocenters. The minimum absolute atomic E-state index is 0.00446. The normalized spacial score (nSPS) is 11.2.